The first-order valence-corrected chi connectivity index (χ1v) is 4.30. The van der Waals surface area contributed by atoms with Crippen molar-refractivity contribution >= 4 is 11.8 Å². The van der Waals surface area contributed by atoms with E-state index in [-0.39, 0.29) is 5.91 Å². The summed E-state index contributed by atoms with van der Waals surface area (Å²) in [5.74, 6) is 4.77. The highest BCUT2D eigenvalue weighted by Gasteiger charge is 2.18. The van der Waals surface area contributed by atoms with E-state index in [2.05, 4.69) is 5.32 Å². The molecule has 0 aromatic rings. The molecule has 82 valence electrons. The van der Waals surface area contributed by atoms with Gasteiger partial charge in [-0.05, 0) is 6.92 Å². The monoisotopic (exact) mass is 203 g/mol. The molecule has 0 aliphatic carbocycles. The molecule has 14 heavy (non-hydrogen) atoms. The normalized spacial score (nSPS) is 12.6. The van der Waals surface area contributed by atoms with E-state index in [4.69, 9.17) is 10.6 Å². The molecule has 0 radical (unpaired) electrons. The lowest BCUT2D eigenvalue weighted by atomic mass is 10.3. The molecule has 0 aliphatic rings. The summed E-state index contributed by atoms with van der Waals surface area (Å²) >= 11 is 0. The molecule has 0 aliphatic heterocycles. The molecule has 0 spiro atoms. The molecule has 6 nitrogen and oxygen atoms in total. The number of rotatable bonds is 5. The second-order valence-corrected chi connectivity index (χ2v) is 2.95. The zero-order valence-electron chi connectivity index (χ0n) is 8.74. The van der Waals surface area contributed by atoms with Gasteiger partial charge in [0.05, 0.1) is 6.61 Å². The summed E-state index contributed by atoms with van der Waals surface area (Å²) in [4.78, 5) is 21.8. The topological polar surface area (TPSA) is 84.7 Å². The molecule has 1 unspecified atom stereocenters. The Balaban J connectivity index is 3.96. The van der Waals surface area contributed by atoms with Crippen LogP contribution in [0.3, 0.4) is 0 Å². The van der Waals surface area contributed by atoms with Crippen molar-refractivity contribution in [3.05, 3.63) is 0 Å². The van der Waals surface area contributed by atoms with E-state index in [0.29, 0.717) is 13.2 Å². The minimum absolute atomic E-state index is 0.387. The number of nitrogens with one attached hydrogen (secondary N) is 1. The maximum absolute atomic E-state index is 11.3. The highest BCUT2D eigenvalue weighted by atomic mass is 16.5. The number of ether oxygens (including phenoxy) is 1. The molecule has 3 N–H and O–H groups in total. The molecule has 2 amide bonds. The molecular formula is C8H17N3O3. The van der Waals surface area contributed by atoms with Crippen LogP contribution >= 0.6 is 0 Å². The van der Waals surface area contributed by atoms with Crippen molar-refractivity contribution in [1.82, 2.24) is 10.3 Å². The lowest BCUT2D eigenvalue weighted by Gasteiger charge is -2.22. The van der Waals surface area contributed by atoms with Crippen molar-refractivity contribution in [2.45, 2.75) is 19.9 Å². The number of carbonyl (C=O) groups excluding carboxylic acids is 2. The van der Waals surface area contributed by atoms with Crippen LogP contribution in [0.1, 0.15) is 13.8 Å². The first-order chi connectivity index (χ1) is 6.49. The summed E-state index contributed by atoms with van der Waals surface area (Å²) < 4.78 is 4.80. The number of imide groups is 1. The van der Waals surface area contributed by atoms with Gasteiger partial charge >= 0.3 is 0 Å². The molecular weight excluding hydrogens is 186 g/mol. The highest BCUT2D eigenvalue weighted by Crippen LogP contribution is 1.92. The summed E-state index contributed by atoms with van der Waals surface area (Å²) in [5, 5.41) is 3.48. The SMILES string of the molecule is COCCN(N)C(C)C(=O)NC(C)=O. The second kappa shape index (κ2) is 6.47. The Morgan fingerprint density at radius 2 is 2.14 bits per heavy atom. The van der Waals surface area contributed by atoms with Gasteiger partial charge in [-0.15, -0.1) is 0 Å². The summed E-state index contributed by atoms with van der Waals surface area (Å²) in [5.41, 5.74) is 0. The smallest absolute Gasteiger partial charge is 0.245 e. The van der Waals surface area contributed by atoms with E-state index in [9.17, 15) is 9.59 Å². The van der Waals surface area contributed by atoms with Gasteiger partial charge in [0.1, 0.15) is 6.04 Å². The third-order valence-corrected chi connectivity index (χ3v) is 1.73. The predicted octanol–water partition coefficient (Wildman–Crippen LogP) is -1.14. The Morgan fingerprint density at radius 3 is 2.57 bits per heavy atom. The lowest BCUT2D eigenvalue weighted by Crippen LogP contribution is -2.50. The summed E-state index contributed by atoms with van der Waals surface area (Å²) in [6, 6.07) is -0.547. The van der Waals surface area contributed by atoms with Crippen LogP contribution in [0.5, 0.6) is 0 Å². The van der Waals surface area contributed by atoms with Crippen molar-refractivity contribution in [3.8, 4) is 0 Å². The van der Waals surface area contributed by atoms with Gasteiger partial charge in [-0.3, -0.25) is 20.7 Å². The maximum Gasteiger partial charge on any atom is 0.245 e. The van der Waals surface area contributed by atoms with Crippen LogP contribution in [0, 0.1) is 0 Å². The number of hydrogen-bond donors (Lipinski definition) is 2. The van der Waals surface area contributed by atoms with Crippen LogP contribution in [0.2, 0.25) is 0 Å². The second-order valence-electron chi connectivity index (χ2n) is 2.95. The number of hydrogen-bond acceptors (Lipinski definition) is 5. The molecule has 0 rings (SSSR count). The maximum atomic E-state index is 11.3. The molecule has 0 saturated carbocycles. The molecule has 0 heterocycles. The number of nitrogens with zero attached hydrogens (tertiary/aromatic N) is 1. The van der Waals surface area contributed by atoms with Gasteiger partial charge in [-0.1, -0.05) is 0 Å². The third kappa shape index (κ3) is 4.90. The molecule has 1 atom stereocenters. The quantitative estimate of drug-likeness (QED) is 0.436. The average Bonchev–Trinajstić information content (AvgIpc) is 2.11. The Labute approximate surface area is 83.4 Å². The van der Waals surface area contributed by atoms with Gasteiger partial charge < -0.3 is 4.74 Å². The predicted molar refractivity (Wildman–Crippen MR) is 51.1 cm³/mol. The molecule has 0 bridgehead atoms. The van der Waals surface area contributed by atoms with E-state index >= 15 is 0 Å². The number of hydrazine groups is 1. The average molecular weight is 203 g/mol. The van der Waals surface area contributed by atoms with Gasteiger partial charge in [-0.2, -0.15) is 0 Å². The minimum Gasteiger partial charge on any atom is -0.383 e. The molecule has 0 saturated heterocycles. The van der Waals surface area contributed by atoms with Crippen LogP contribution in [0.4, 0.5) is 0 Å². The van der Waals surface area contributed by atoms with Crippen molar-refractivity contribution in [2.24, 2.45) is 5.84 Å². The number of nitrogens with two attached hydrogens (primary N) is 1. The first kappa shape index (κ1) is 13.0. The first-order valence-electron chi connectivity index (χ1n) is 4.30. The summed E-state index contributed by atoms with van der Waals surface area (Å²) in [6.07, 6.45) is 0. The van der Waals surface area contributed by atoms with E-state index in [1.165, 1.54) is 11.9 Å². The van der Waals surface area contributed by atoms with Crippen LogP contribution < -0.4 is 11.2 Å². The standard InChI is InChI=1S/C8H17N3O3/c1-6(8(13)10-7(2)12)11(9)4-5-14-3/h6H,4-5,9H2,1-3H3,(H,10,12,13). The van der Waals surface area contributed by atoms with Gasteiger partial charge in [0.2, 0.25) is 11.8 Å². The van der Waals surface area contributed by atoms with Crippen molar-refractivity contribution in [1.29, 1.82) is 0 Å². The van der Waals surface area contributed by atoms with E-state index in [1.807, 2.05) is 0 Å². The van der Waals surface area contributed by atoms with Crippen LogP contribution in [-0.2, 0) is 14.3 Å². The van der Waals surface area contributed by atoms with Crippen LogP contribution in [-0.4, -0.2) is 43.1 Å². The van der Waals surface area contributed by atoms with Crippen LogP contribution in [0.25, 0.3) is 0 Å². The molecule has 6 heteroatoms. The molecule has 0 fully saturated rings. The number of methoxy groups -OCH3 is 1. The number of amides is 2. The Kier molecular flexibility index (Phi) is 6.02. The fraction of sp³-hybridized carbons (Fsp3) is 0.750. The Bertz CT molecular complexity index is 208. The summed E-state index contributed by atoms with van der Waals surface area (Å²) in [7, 11) is 1.55. The van der Waals surface area contributed by atoms with Crippen LogP contribution in [0.15, 0.2) is 0 Å². The van der Waals surface area contributed by atoms with Gasteiger partial charge in [-0.25, -0.2) is 5.01 Å². The zero-order valence-corrected chi connectivity index (χ0v) is 8.74. The zero-order chi connectivity index (χ0) is 11.1. The van der Waals surface area contributed by atoms with Gasteiger partial charge in [0, 0.05) is 20.6 Å². The van der Waals surface area contributed by atoms with Gasteiger partial charge in [0.15, 0.2) is 0 Å². The minimum atomic E-state index is -0.547. The molecule has 0 aromatic heterocycles. The largest absolute Gasteiger partial charge is 0.383 e. The van der Waals surface area contributed by atoms with Crippen molar-refractivity contribution in [2.75, 3.05) is 20.3 Å². The van der Waals surface area contributed by atoms with E-state index < -0.39 is 11.9 Å². The van der Waals surface area contributed by atoms with E-state index in [0.717, 1.165) is 0 Å². The van der Waals surface area contributed by atoms with E-state index in [1.54, 1.807) is 14.0 Å². The lowest BCUT2D eigenvalue weighted by molar-refractivity contribution is -0.132. The van der Waals surface area contributed by atoms with Crippen molar-refractivity contribution in [3.63, 3.8) is 0 Å². The third-order valence-electron chi connectivity index (χ3n) is 1.73. The fourth-order valence-electron chi connectivity index (χ4n) is 0.819. The number of carbonyl (C=O) groups is 2. The highest BCUT2D eigenvalue weighted by molar-refractivity contribution is 5.96. The van der Waals surface area contributed by atoms with Crippen molar-refractivity contribution < 1.29 is 14.3 Å². The Hall–Kier alpha value is -0.980. The fourth-order valence-corrected chi connectivity index (χ4v) is 0.819. The Morgan fingerprint density at radius 1 is 1.57 bits per heavy atom. The van der Waals surface area contributed by atoms with Gasteiger partial charge in [0.25, 0.3) is 0 Å². The molecule has 0 aromatic carbocycles. The summed E-state index contributed by atoms with van der Waals surface area (Å²) in [6.45, 7) is 3.77.